The van der Waals surface area contributed by atoms with Crippen molar-refractivity contribution in [2.75, 3.05) is 33.4 Å². The summed E-state index contributed by atoms with van der Waals surface area (Å²) in [6, 6.07) is 0.0967. The average molecular weight is 258 g/mol. The normalized spacial score (nSPS) is 26.9. The van der Waals surface area contributed by atoms with Crippen LogP contribution in [0.15, 0.2) is 0 Å². The van der Waals surface area contributed by atoms with E-state index in [2.05, 4.69) is 31.0 Å². The number of esters is 1. The molecule has 18 heavy (non-hydrogen) atoms. The summed E-state index contributed by atoms with van der Waals surface area (Å²) < 4.78 is 10.4. The van der Waals surface area contributed by atoms with E-state index < -0.39 is 0 Å². The van der Waals surface area contributed by atoms with E-state index in [1.165, 1.54) is 7.11 Å². The topological polar surface area (TPSA) is 50.8 Å². The van der Waals surface area contributed by atoms with Crippen LogP contribution in [-0.2, 0) is 14.3 Å². The molecule has 0 radical (unpaired) electrons. The molecule has 3 atom stereocenters. The maximum Gasteiger partial charge on any atom is 0.324 e. The lowest BCUT2D eigenvalue weighted by molar-refractivity contribution is -0.144. The minimum absolute atomic E-state index is 0.185. The first-order valence-electron chi connectivity index (χ1n) is 6.75. The van der Waals surface area contributed by atoms with Crippen molar-refractivity contribution >= 4 is 5.97 Å². The number of nitrogens with zero attached hydrogens (tertiary/aromatic N) is 1. The van der Waals surface area contributed by atoms with Crippen molar-refractivity contribution < 1.29 is 14.3 Å². The van der Waals surface area contributed by atoms with Gasteiger partial charge in [-0.15, -0.1) is 0 Å². The molecular formula is C13H26N2O3. The Morgan fingerprint density at radius 1 is 1.56 bits per heavy atom. The van der Waals surface area contributed by atoms with Gasteiger partial charge in [0.05, 0.1) is 19.8 Å². The fraction of sp³-hybridized carbons (Fsp3) is 0.923. The Hall–Kier alpha value is -0.650. The molecule has 0 aromatic carbocycles. The van der Waals surface area contributed by atoms with Gasteiger partial charge in [0.2, 0.25) is 0 Å². The van der Waals surface area contributed by atoms with Crippen LogP contribution in [0.1, 0.15) is 27.2 Å². The average Bonchev–Trinajstić information content (AvgIpc) is 2.37. The molecule has 0 bridgehead atoms. The van der Waals surface area contributed by atoms with Crippen molar-refractivity contribution in [3.8, 4) is 0 Å². The van der Waals surface area contributed by atoms with E-state index in [9.17, 15) is 4.79 Å². The third kappa shape index (κ3) is 4.55. The van der Waals surface area contributed by atoms with E-state index in [1.807, 2.05) is 0 Å². The molecule has 0 saturated carbocycles. The van der Waals surface area contributed by atoms with Crippen LogP contribution < -0.4 is 5.32 Å². The largest absolute Gasteiger partial charge is 0.468 e. The van der Waals surface area contributed by atoms with Gasteiger partial charge in [0.25, 0.3) is 0 Å². The van der Waals surface area contributed by atoms with Crippen LogP contribution in [0.3, 0.4) is 0 Å². The zero-order valence-electron chi connectivity index (χ0n) is 11.9. The minimum Gasteiger partial charge on any atom is -0.468 e. The number of rotatable bonds is 6. The second kappa shape index (κ2) is 7.71. The number of morpholine rings is 1. The van der Waals surface area contributed by atoms with Crippen LogP contribution in [0, 0.1) is 0 Å². The Kier molecular flexibility index (Phi) is 6.60. The highest BCUT2D eigenvalue weighted by Crippen LogP contribution is 2.12. The van der Waals surface area contributed by atoms with Gasteiger partial charge in [-0.25, -0.2) is 0 Å². The summed E-state index contributed by atoms with van der Waals surface area (Å²) in [4.78, 5) is 14.0. The summed E-state index contributed by atoms with van der Waals surface area (Å²) in [6.45, 7) is 9.37. The third-order valence-electron chi connectivity index (χ3n) is 3.28. The molecule has 5 heteroatoms. The highest BCUT2D eigenvalue weighted by molar-refractivity contribution is 5.75. The summed E-state index contributed by atoms with van der Waals surface area (Å²) in [7, 11) is 1.44. The maximum atomic E-state index is 11.7. The summed E-state index contributed by atoms with van der Waals surface area (Å²) in [5.41, 5.74) is 0. The van der Waals surface area contributed by atoms with Crippen molar-refractivity contribution in [2.24, 2.45) is 0 Å². The molecule has 0 aliphatic carbocycles. The second-order valence-electron chi connectivity index (χ2n) is 4.98. The fourth-order valence-electron chi connectivity index (χ4n) is 2.14. The molecule has 3 unspecified atom stereocenters. The molecule has 0 aromatic rings. The minimum atomic E-state index is -0.248. The molecule has 1 rings (SSSR count). The van der Waals surface area contributed by atoms with Crippen LogP contribution in [0.25, 0.3) is 0 Å². The van der Waals surface area contributed by atoms with Gasteiger partial charge >= 0.3 is 5.97 Å². The summed E-state index contributed by atoms with van der Waals surface area (Å²) >= 11 is 0. The summed E-state index contributed by atoms with van der Waals surface area (Å²) in [5, 5.41) is 3.25. The van der Waals surface area contributed by atoms with E-state index in [-0.39, 0.29) is 18.1 Å². The van der Waals surface area contributed by atoms with Gasteiger partial charge in [-0.05, 0) is 26.8 Å². The molecule has 0 aromatic heterocycles. The Bertz CT molecular complexity index is 261. The predicted octanol–water partition coefficient (Wildman–Crippen LogP) is 0.637. The molecule has 1 N–H and O–H groups in total. The van der Waals surface area contributed by atoms with Gasteiger partial charge < -0.3 is 14.8 Å². The first kappa shape index (κ1) is 15.4. The second-order valence-corrected chi connectivity index (χ2v) is 4.98. The first-order chi connectivity index (χ1) is 8.58. The monoisotopic (exact) mass is 258 g/mol. The molecular weight excluding hydrogens is 232 g/mol. The number of carbonyl (C=O) groups excluding carboxylic acids is 1. The SMILES string of the molecule is CCCNC(CN1CC(C)OCC1C)C(=O)OC. The molecule has 1 heterocycles. The number of hydrogen-bond acceptors (Lipinski definition) is 5. The van der Waals surface area contributed by atoms with Gasteiger partial charge in [-0.1, -0.05) is 6.92 Å². The number of hydrogen-bond donors (Lipinski definition) is 1. The lowest BCUT2D eigenvalue weighted by Crippen LogP contribution is -2.54. The van der Waals surface area contributed by atoms with Crippen molar-refractivity contribution in [3.63, 3.8) is 0 Å². The zero-order chi connectivity index (χ0) is 13.5. The lowest BCUT2D eigenvalue weighted by atomic mass is 10.1. The number of nitrogens with one attached hydrogen (secondary N) is 1. The highest BCUT2D eigenvalue weighted by atomic mass is 16.5. The number of methoxy groups -OCH3 is 1. The van der Waals surface area contributed by atoms with E-state index in [0.717, 1.165) is 26.1 Å². The fourth-order valence-corrected chi connectivity index (χ4v) is 2.14. The Morgan fingerprint density at radius 3 is 2.89 bits per heavy atom. The van der Waals surface area contributed by atoms with E-state index in [4.69, 9.17) is 9.47 Å². The first-order valence-corrected chi connectivity index (χ1v) is 6.75. The van der Waals surface area contributed by atoms with Crippen LogP contribution >= 0.6 is 0 Å². The van der Waals surface area contributed by atoms with Gasteiger partial charge in [0.15, 0.2) is 0 Å². The van der Waals surface area contributed by atoms with Crippen molar-refractivity contribution in [2.45, 2.75) is 45.4 Å². The molecule has 5 nitrogen and oxygen atoms in total. The van der Waals surface area contributed by atoms with Crippen LogP contribution in [-0.4, -0.2) is 62.4 Å². The van der Waals surface area contributed by atoms with Crippen molar-refractivity contribution in [1.29, 1.82) is 0 Å². The highest BCUT2D eigenvalue weighted by Gasteiger charge is 2.28. The molecule has 0 spiro atoms. The zero-order valence-corrected chi connectivity index (χ0v) is 11.9. The van der Waals surface area contributed by atoms with Gasteiger partial charge in [-0.3, -0.25) is 9.69 Å². The smallest absolute Gasteiger partial charge is 0.324 e. The Labute approximate surface area is 110 Å². The third-order valence-corrected chi connectivity index (χ3v) is 3.28. The number of carbonyl (C=O) groups is 1. The Morgan fingerprint density at radius 2 is 2.28 bits per heavy atom. The standard InChI is InChI=1S/C13H26N2O3/c1-5-6-14-12(13(16)17-4)8-15-7-11(3)18-9-10(15)2/h10-12,14H,5-9H2,1-4H3. The molecule has 0 amide bonds. The molecule has 1 fully saturated rings. The van der Waals surface area contributed by atoms with Crippen LogP contribution in [0.5, 0.6) is 0 Å². The summed E-state index contributed by atoms with van der Waals surface area (Å²) in [5.74, 6) is -0.185. The number of ether oxygens (including phenoxy) is 2. The Balaban J connectivity index is 2.54. The van der Waals surface area contributed by atoms with E-state index >= 15 is 0 Å². The van der Waals surface area contributed by atoms with E-state index in [0.29, 0.717) is 12.6 Å². The predicted molar refractivity (Wildman–Crippen MR) is 70.5 cm³/mol. The van der Waals surface area contributed by atoms with E-state index in [1.54, 1.807) is 0 Å². The quantitative estimate of drug-likeness (QED) is 0.708. The molecule has 1 aliphatic rings. The molecule has 106 valence electrons. The van der Waals surface area contributed by atoms with Crippen molar-refractivity contribution in [3.05, 3.63) is 0 Å². The van der Waals surface area contributed by atoms with Gasteiger partial charge in [-0.2, -0.15) is 0 Å². The molecule has 1 saturated heterocycles. The van der Waals surface area contributed by atoms with Gasteiger partial charge in [0, 0.05) is 19.1 Å². The molecule has 1 aliphatic heterocycles. The maximum absolute atomic E-state index is 11.7. The van der Waals surface area contributed by atoms with Crippen LogP contribution in [0.2, 0.25) is 0 Å². The lowest BCUT2D eigenvalue weighted by Gasteiger charge is -2.38. The summed E-state index contributed by atoms with van der Waals surface area (Å²) in [6.07, 6.45) is 1.23. The van der Waals surface area contributed by atoms with Crippen LogP contribution in [0.4, 0.5) is 0 Å². The van der Waals surface area contributed by atoms with Gasteiger partial charge in [0.1, 0.15) is 6.04 Å². The van der Waals surface area contributed by atoms with Crippen molar-refractivity contribution in [1.82, 2.24) is 10.2 Å².